The lowest BCUT2D eigenvalue weighted by atomic mass is 10.2. The van der Waals surface area contributed by atoms with E-state index in [1.165, 1.54) is 0 Å². The predicted molar refractivity (Wildman–Crippen MR) is 46.1 cm³/mol. The molecule has 1 aliphatic rings. The van der Waals surface area contributed by atoms with Crippen molar-refractivity contribution >= 4 is 0 Å². The van der Waals surface area contributed by atoms with Crippen LogP contribution in [0.25, 0.3) is 0 Å². The van der Waals surface area contributed by atoms with Crippen LogP contribution in [0, 0.1) is 0 Å². The van der Waals surface area contributed by atoms with Gasteiger partial charge in [0.15, 0.2) is 0 Å². The second-order valence-corrected chi connectivity index (χ2v) is 3.25. The fourth-order valence-electron chi connectivity index (χ4n) is 1.48. The Bertz CT molecular complexity index is 146. The SMILES string of the molecule is COC1CNC(CNCC(F)F)C1. The third-order valence-electron chi connectivity index (χ3n) is 2.20. The van der Waals surface area contributed by atoms with Crippen LogP contribution in [0.5, 0.6) is 0 Å². The molecule has 1 heterocycles. The summed E-state index contributed by atoms with van der Waals surface area (Å²) in [5.41, 5.74) is 0. The summed E-state index contributed by atoms with van der Waals surface area (Å²) in [5, 5.41) is 5.90. The van der Waals surface area contributed by atoms with Gasteiger partial charge in [0.2, 0.25) is 0 Å². The van der Waals surface area contributed by atoms with Crippen molar-refractivity contribution in [3.8, 4) is 0 Å². The number of alkyl halides is 2. The van der Waals surface area contributed by atoms with Gasteiger partial charge in [-0.25, -0.2) is 8.78 Å². The Kier molecular flexibility index (Phi) is 4.55. The molecule has 1 aliphatic heterocycles. The van der Waals surface area contributed by atoms with Crippen LogP contribution in [0.1, 0.15) is 6.42 Å². The molecule has 5 heteroatoms. The van der Waals surface area contributed by atoms with Gasteiger partial charge in [-0.3, -0.25) is 0 Å². The highest BCUT2D eigenvalue weighted by molar-refractivity contribution is 4.83. The van der Waals surface area contributed by atoms with E-state index in [1.54, 1.807) is 7.11 Å². The standard InChI is InChI=1S/C8H16F2N2O/c1-13-7-2-6(12-4-7)3-11-5-8(9)10/h6-8,11-12H,2-5H2,1H3. The summed E-state index contributed by atoms with van der Waals surface area (Å²) in [4.78, 5) is 0. The van der Waals surface area contributed by atoms with E-state index in [2.05, 4.69) is 10.6 Å². The molecular weight excluding hydrogens is 178 g/mol. The van der Waals surface area contributed by atoms with Gasteiger partial charge in [-0.05, 0) is 6.42 Å². The molecule has 0 aliphatic carbocycles. The average Bonchev–Trinajstić information content (AvgIpc) is 2.52. The van der Waals surface area contributed by atoms with Gasteiger partial charge in [0, 0.05) is 26.2 Å². The molecule has 78 valence electrons. The highest BCUT2D eigenvalue weighted by atomic mass is 19.3. The van der Waals surface area contributed by atoms with Crippen molar-refractivity contribution in [2.45, 2.75) is 25.0 Å². The van der Waals surface area contributed by atoms with E-state index < -0.39 is 6.43 Å². The molecule has 0 aromatic heterocycles. The van der Waals surface area contributed by atoms with Gasteiger partial charge in [0.1, 0.15) is 0 Å². The number of methoxy groups -OCH3 is 1. The summed E-state index contributed by atoms with van der Waals surface area (Å²) in [5.74, 6) is 0. The number of ether oxygens (including phenoxy) is 1. The Morgan fingerprint density at radius 3 is 2.92 bits per heavy atom. The maximum absolute atomic E-state index is 11.7. The van der Waals surface area contributed by atoms with Crippen LogP contribution < -0.4 is 10.6 Å². The topological polar surface area (TPSA) is 33.3 Å². The van der Waals surface area contributed by atoms with Crippen LogP contribution in [-0.4, -0.2) is 45.3 Å². The van der Waals surface area contributed by atoms with Gasteiger partial charge in [0.05, 0.1) is 12.6 Å². The molecule has 3 nitrogen and oxygen atoms in total. The van der Waals surface area contributed by atoms with Crippen LogP contribution in [0.3, 0.4) is 0 Å². The first kappa shape index (κ1) is 10.8. The third-order valence-corrected chi connectivity index (χ3v) is 2.20. The first-order valence-electron chi connectivity index (χ1n) is 4.47. The van der Waals surface area contributed by atoms with Gasteiger partial charge in [-0.15, -0.1) is 0 Å². The zero-order chi connectivity index (χ0) is 9.68. The van der Waals surface area contributed by atoms with Crippen LogP contribution >= 0.6 is 0 Å². The summed E-state index contributed by atoms with van der Waals surface area (Å²) < 4.78 is 28.6. The van der Waals surface area contributed by atoms with Crippen LogP contribution in [0.15, 0.2) is 0 Å². The molecule has 2 N–H and O–H groups in total. The van der Waals surface area contributed by atoms with Crippen LogP contribution in [0.2, 0.25) is 0 Å². The molecule has 0 radical (unpaired) electrons. The van der Waals surface area contributed by atoms with Gasteiger partial charge in [0.25, 0.3) is 6.43 Å². The van der Waals surface area contributed by atoms with Gasteiger partial charge in [-0.1, -0.05) is 0 Å². The first-order chi connectivity index (χ1) is 6.22. The first-order valence-corrected chi connectivity index (χ1v) is 4.47. The molecule has 2 unspecified atom stereocenters. The van der Waals surface area contributed by atoms with Gasteiger partial charge >= 0.3 is 0 Å². The number of hydrogen-bond donors (Lipinski definition) is 2. The Labute approximate surface area is 76.8 Å². The Morgan fingerprint density at radius 1 is 1.62 bits per heavy atom. The highest BCUT2D eigenvalue weighted by Gasteiger charge is 2.23. The van der Waals surface area contributed by atoms with E-state index in [0.717, 1.165) is 13.0 Å². The molecule has 1 fully saturated rings. The Hall–Kier alpha value is -0.260. The molecule has 1 saturated heterocycles. The minimum Gasteiger partial charge on any atom is -0.380 e. The van der Waals surface area contributed by atoms with Crippen LogP contribution in [0.4, 0.5) is 8.78 Å². The quantitative estimate of drug-likeness (QED) is 0.656. The molecular formula is C8H16F2N2O. The maximum atomic E-state index is 11.7. The number of nitrogens with one attached hydrogen (secondary N) is 2. The van der Waals surface area contributed by atoms with Crippen molar-refractivity contribution in [2.75, 3.05) is 26.7 Å². The van der Waals surface area contributed by atoms with Crippen LogP contribution in [-0.2, 0) is 4.74 Å². The summed E-state index contributed by atoms with van der Waals surface area (Å²) in [7, 11) is 1.67. The number of hydrogen-bond acceptors (Lipinski definition) is 3. The molecule has 0 spiro atoms. The zero-order valence-corrected chi connectivity index (χ0v) is 7.72. The number of halogens is 2. The molecule has 2 atom stereocenters. The van der Waals surface area contributed by atoms with Crippen molar-refractivity contribution in [1.29, 1.82) is 0 Å². The lowest BCUT2D eigenvalue weighted by Crippen LogP contribution is -2.35. The maximum Gasteiger partial charge on any atom is 0.250 e. The molecule has 0 aromatic carbocycles. The van der Waals surface area contributed by atoms with E-state index >= 15 is 0 Å². The largest absolute Gasteiger partial charge is 0.380 e. The summed E-state index contributed by atoms with van der Waals surface area (Å²) >= 11 is 0. The van der Waals surface area contributed by atoms with Crippen molar-refractivity contribution in [3.63, 3.8) is 0 Å². The lowest BCUT2D eigenvalue weighted by Gasteiger charge is -2.10. The van der Waals surface area contributed by atoms with E-state index in [1.807, 2.05) is 0 Å². The average molecular weight is 194 g/mol. The van der Waals surface area contributed by atoms with E-state index in [4.69, 9.17) is 4.74 Å². The lowest BCUT2D eigenvalue weighted by molar-refractivity contribution is 0.116. The summed E-state index contributed by atoms with van der Waals surface area (Å²) in [6, 6.07) is 0.267. The molecule has 0 amide bonds. The fraction of sp³-hybridized carbons (Fsp3) is 1.00. The smallest absolute Gasteiger partial charge is 0.250 e. The minimum absolute atomic E-state index is 0.226. The molecule has 0 aromatic rings. The van der Waals surface area contributed by atoms with E-state index in [-0.39, 0.29) is 18.7 Å². The second kappa shape index (κ2) is 5.47. The van der Waals surface area contributed by atoms with Crippen molar-refractivity contribution in [3.05, 3.63) is 0 Å². The Balaban J connectivity index is 2.03. The van der Waals surface area contributed by atoms with Crippen molar-refractivity contribution in [1.82, 2.24) is 10.6 Å². The normalized spacial score (nSPS) is 28.6. The second-order valence-electron chi connectivity index (χ2n) is 3.25. The van der Waals surface area contributed by atoms with Crippen molar-refractivity contribution in [2.24, 2.45) is 0 Å². The molecule has 1 rings (SSSR count). The minimum atomic E-state index is -2.26. The Morgan fingerprint density at radius 2 is 2.38 bits per heavy atom. The van der Waals surface area contributed by atoms with Gasteiger partial charge in [-0.2, -0.15) is 0 Å². The molecule has 13 heavy (non-hydrogen) atoms. The van der Waals surface area contributed by atoms with E-state index in [0.29, 0.717) is 6.54 Å². The van der Waals surface area contributed by atoms with E-state index in [9.17, 15) is 8.78 Å². The fourth-order valence-corrected chi connectivity index (χ4v) is 1.48. The summed E-state index contributed by atoms with van der Waals surface area (Å²) in [6.07, 6.45) is -1.13. The summed E-state index contributed by atoms with van der Waals surface area (Å²) in [6.45, 7) is 1.18. The molecule has 0 saturated carbocycles. The zero-order valence-electron chi connectivity index (χ0n) is 7.72. The number of rotatable bonds is 5. The third kappa shape index (κ3) is 3.97. The molecule has 0 bridgehead atoms. The van der Waals surface area contributed by atoms with Gasteiger partial charge < -0.3 is 15.4 Å². The van der Waals surface area contributed by atoms with Crippen molar-refractivity contribution < 1.29 is 13.5 Å². The highest BCUT2D eigenvalue weighted by Crippen LogP contribution is 2.08. The monoisotopic (exact) mass is 194 g/mol. The predicted octanol–water partition coefficient (Wildman–Crippen LogP) is 0.218.